The van der Waals surface area contributed by atoms with Crippen molar-refractivity contribution in [2.24, 2.45) is 10.4 Å². The molecule has 5 nitrogen and oxygen atoms in total. The van der Waals surface area contributed by atoms with Crippen LogP contribution >= 0.6 is 11.8 Å². The van der Waals surface area contributed by atoms with Crippen LogP contribution in [0.5, 0.6) is 0 Å². The molecule has 0 radical (unpaired) electrons. The van der Waals surface area contributed by atoms with Crippen molar-refractivity contribution < 1.29 is 4.79 Å². The van der Waals surface area contributed by atoms with E-state index in [1.807, 2.05) is 32.5 Å². The number of nitrogens with zero attached hydrogens (tertiary/aromatic N) is 1. The van der Waals surface area contributed by atoms with Crippen LogP contribution in [0.15, 0.2) is 4.99 Å². The van der Waals surface area contributed by atoms with E-state index in [0.29, 0.717) is 19.1 Å². The Morgan fingerprint density at radius 1 is 1.33 bits per heavy atom. The summed E-state index contributed by atoms with van der Waals surface area (Å²) in [7, 11) is 1.77. The topological polar surface area (TPSA) is 65.5 Å². The number of carbonyl (C=O) groups is 1. The molecule has 2 unspecified atom stereocenters. The molecule has 0 aromatic heterocycles. The lowest BCUT2D eigenvalue weighted by molar-refractivity contribution is -0.128. The molecule has 1 amide bonds. The van der Waals surface area contributed by atoms with E-state index >= 15 is 0 Å². The van der Waals surface area contributed by atoms with Crippen molar-refractivity contribution in [2.45, 2.75) is 51.3 Å². The van der Waals surface area contributed by atoms with Crippen molar-refractivity contribution in [3.63, 3.8) is 0 Å². The van der Waals surface area contributed by atoms with Gasteiger partial charge in [-0.1, -0.05) is 0 Å². The summed E-state index contributed by atoms with van der Waals surface area (Å²) in [5.41, 5.74) is -0.453. The van der Waals surface area contributed by atoms with Gasteiger partial charge in [-0.05, 0) is 46.3 Å². The van der Waals surface area contributed by atoms with Gasteiger partial charge in [0.25, 0.3) is 0 Å². The first-order chi connectivity index (χ1) is 9.92. The Kier molecular flexibility index (Phi) is 7.35. The van der Waals surface area contributed by atoms with Gasteiger partial charge in [-0.2, -0.15) is 11.8 Å². The molecule has 3 N–H and O–H groups in total. The van der Waals surface area contributed by atoms with Gasteiger partial charge in [0.2, 0.25) is 5.91 Å². The smallest absolute Gasteiger partial charge is 0.227 e. The Balaban J connectivity index is 2.43. The van der Waals surface area contributed by atoms with Crippen LogP contribution in [0.3, 0.4) is 0 Å². The second kappa shape index (κ2) is 8.51. The van der Waals surface area contributed by atoms with Gasteiger partial charge in [0.05, 0.1) is 5.41 Å². The van der Waals surface area contributed by atoms with Crippen LogP contribution in [0.2, 0.25) is 0 Å². The number of amides is 1. The molecular formula is C15H30N4OS. The highest BCUT2D eigenvalue weighted by Gasteiger charge is 2.28. The van der Waals surface area contributed by atoms with Crippen LogP contribution in [0.25, 0.3) is 0 Å². The van der Waals surface area contributed by atoms with Gasteiger partial charge >= 0.3 is 0 Å². The van der Waals surface area contributed by atoms with Crippen molar-refractivity contribution in [2.75, 3.05) is 26.4 Å². The van der Waals surface area contributed by atoms with Crippen molar-refractivity contribution >= 4 is 23.6 Å². The third kappa shape index (κ3) is 5.77. The fourth-order valence-electron chi connectivity index (χ4n) is 2.46. The lowest BCUT2D eigenvalue weighted by Gasteiger charge is -2.25. The number of rotatable bonds is 6. The Morgan fingerprint density at radius 3 is 2.57 bits per heavy atom. The van der Waals surface area contributed by atoms with Crippen LogP contribution in [-0.2, 0) is 4.79 Å². The van der Waals surface area contributed by atoms with E-state index in [4.69, 9.17) is 0 Å². The zero-order chi connectivity index (χ0) is 15.9. The summed E-state index contributed by atoms with van der Waals surface area (Å²) in [6.45, 7) is 7.05. The van der Waals surface area contributed by atoms with Gasteiger partial charge in [0, 0.05) is 31.4 Å². The van der Waals surface area contributed by atoms with Crippen molar-refractivity contribution in [3.05, 3.63) is 0 Å². The van der Waals surface area contributed by atoms with Crippen molar-refractivity contribution in [1.29, 1.82) is 0 Å². The van der Waals surface area contributed by atoms with E-state index in [1.165, 1.54) is 19.3 Å². The molecule has 0 bridgehead atoms. The van der Waals surface area contributed by atoms with E-state index in [1.54, 1.807) is 7.05 Å². The summed E-state index contributed by atoms with van der Waals surface area (Å²) < 4.78 is 0. The Morgan fingerprint density at radius 2 is 2.05 bits per heavy atom. The highest BCUT2D eigenvalue weighted by atomic mass is 32.2. The minimum absolute atomic E-state index is 0.0660. The number of hydrogen-bond donors (Lipinski definition) is 3. The molecule has 0 aromatic carbocycles. The summed E-state index contributed by atoms with van der Waals surface area (Å²) in [6, 6.07) is 0.487. The molecule has 1 fully saturated rings. The molecule has 0 aromatic rings. The highest BCUT2D eigenvalue weighted by molar-refractivity contribution is 7.99. The van der Waals surface area contributed by atoms with E-state index in [9.17, 15) is 4.79 Å². The number of aliphatic imine (C=N–C) groups is 1. The zero-order valence-electron chi connectivity index (χ0n) is 14.0. The fraction of sp³-hybridized carbons (Fsp3) is 0.867. The predicted molar refractivity (Wildman–Crippen MR) is 91.9 cm³/mol. The largest absolute Gasteiger partial charge is 0.356 e. The first-order valence-electron chi connectivity index (χ1n) is 7.71. The molecule has 0 spiro atoms. The lowest BCUT2D eigenvalue weighted by Crippen LogP contribution is -2.49. The Hall–Kier alpha value is -0.910. The summed E-state index contributed by atoms with van der Waals surface area (Å²) >= 11 is 1.94. The van der Waals surface area contributed by atoms with Crippen LogP contribution in [-0.4, -0.2) is 49.6 Å². The SMILES string of the molecule is CCNC(=O)C(C)(C)CNC(=NC)NC1CCC(SC)C1. The summed E-state index contributed by atoms with van der Waals surface area (Å²) in [5.74, 6) is 0.857. The minimum atomic E-state index is -0.453. The summed E-state index contributed by atoms with van der Waals surface area (Å²) in [5, 5.41) is 10.4. The number of guanidine groups is 1. The van der Waals surface area contributed by atoms with Gasteiger partial charge in [0.15, 0.2) is 5.96 Å². The average molecular weight is 314 g/mol. The van der Waals surface area contributed by atoms with E-state index < -0.39 is 5.41 Å². The number of thioether (sulfide) groups is 1. The second-order valence-corrected chi connectivity index (χ2v) is 7.32. The van der Waals surface area contributed by atoms with Crippen LogP contribution < -0.4 is 16.0 Å². The van der Waals surface area contributed by atoms with Gasteiger partial charge in [-0.25, -0.2) is 0 Å². The minimum Gasteiger partial charge on any atom is -0.356 e. The molecule has 0 heterocycles. The second-order valence-electron chi connectivity index (χ2n) is 6.18. The van der Waals surface area contributed by atoms with Crippen molar-refractivity contribution in [1.82, 2.24) is 16.0 Å². The molecule has 6 heteroatoms. The first kappa shape index (κ1) is 18.1. The fourth-order valence-corrected chi connectivity index (χ4v) is 3.25. The lowest BCUT2D eigenvalue weighted by atomic mass is 9.92. The molecule has 0 saturated heterocycles. The quantitative estimate of drug-likeness (QED) is 0.515. The van der Waals surface area contributed by atoms with Gasteiger partial charge in [-0.3, -0.25) is 9.79 Å². The average Bonchev–Trinajstić information content (AvgIpc) is 2.91. The maximum absolute atomic E-state index is 12.0. The molecule has 1 aliphatic carbocycles. The monoisotopic (exact) mass is 314 g/mol. The normalized spacial score (nSPS) is 23.0. The molecule has 21 heavy (non-hydrogen) atoms. The number of carbonyl (C=O) groups excluding carboxylic acids is 1. The Labute approximate surface area is 133 Å². The molecule has 2 atom stereocenters. The van der Waals surface area contributed by atoms with Crippen LogP contribution in [0.1, 0.15) is 40.0 Å². The molecule has 0 aliphatic heterocycles. The van der Waals surface area contributed by atoms with Crippen molar-refractivity contribution in [3.8, 4) is 0 Å². The van der Waals surface area contributed by atoms with Gasteiger partial charge in [-0.15, -0.1) is 0 Å². The van der Waals surface area contributed by atoms with Gasteiger partial charge in [0.1, 0.15) is 0 Å². The maximum atomic E-state index is 12.0. The van der Waals surface area contributed by atoms with Crippen LogP contribution in [0, 0.1) is 5.41 Å². The zero-order valence-corrected chi connectivity index (χ0v) is 14.8. The van der Waals surface area contributed by atoms with Gasteiger partial charge < -0.3 is 16.0 Å². The van der Waals surface area contributed by atoms with Crippen LogP contribution in [0.4, 0.5) is 0 Å². The van der Waals surface area contributed by atoms with E-state index in [2.05, 4.69) is 27.2 Å². The molecule has 1 rings (SSSR count). The summed E-state index contributed by atoms with van der Waals surface area (Å²) in [4.78, 5) is 16.2. The standard InChI is InChI=1S/C15H30N4OS/c1-6-17-13(20)15(2,3)10-18-14(16-4)19-11-7-8-12(9-11)21-5/h11-12H,6-10H2,1-5H3,(H,17,20)(H2,16,18,19). The summed E-state index contributed by atoms with van der Waals surface area (Å²) in [6.07, 6.45) is 5.81. The van der Waals surface area contributed by atoms with E-state index in [-0.39, 0.29) is 5.91 Å². The molecule has 1 aliphatic rings. The molecule has 1 saturated carbocycles. The third-order valence-electron chi connectivity index (χ3n) is 3.93. The molecule has 122 valence electrons. The third-order valence-corrected chi connectivity index (χ3v) is 5.03. The predicted octanol–water partition coefficient (Wildman–Crippen LogP) is 1.60. The first-order valence-corrected chi connectivity index (χ1v) is 9.00. The molecular weight excluding hydrogens is 284 g/mol. The van der Waals surface area contributed by atoms with E-state index in [0.717, 1.165) is 11.2 Å². The highest BCUT2D eigenvalue weighted by Crippen LogP contribution is 2.28. The maximum Gasteiger partial charge on any atom is 0.227 e. The number of hydrogen-bond acceptors (Lipinski definition) is 3. The Bertz CT molecular complexity index is 371. The number of nitrogens with one attached hydrogen (secondary N) is 3.